The lowest BCUT2D eigenvalue weighted by atomic mass is 10.1. The van der Waals surface area contributed by atoms with E-state index < -0.39 is 17.1 Å². The fourth-order valence-electron chi connectivity index (χ4n) is 2.95. The molecule has 4 aromatic heterocycles. The van der Waals surface area contributed by atoms with Crippen LogP contribution in [0.15, 0.2) is 24.4 Å². The van der Waals surface area contributed by atoms with Gasteiger partial charge in [0.2, 0.25) is 12.2 Å². The molecule has 0 aliphatic rings. The van der Waals surface area contributed by atoms with Crippen LogP contribution >= 0.6 is 0 Å². The summed E-state index contributed by atoms with van der Waals surface area (Å²) in [6.07, 6.45) is 2.61. The first-order valence-electron chi connectivity index (χ1n) is 5.93. The van der Waals surface area contributed by atoms with Crippen LogP contribution in [0.1, 0.15) is 5.56 Å². The van der Waals surface area contributed by atoms with Crippen LogP contribution in [0, 0.1) is 6.92 Å². The number of aryl methyl sites for hydroxylation is 1. The summed E-state index contributed by atoms with van der Waals surface area (Å²) >= 11 is 0. The maximum Gasteiger partial charge on any atom is 0.345 e. The molecule has 0 aliphatic heterocycles. The standard InChI is InChI=1S/C12H3N5O5/c1-4-5(13-2-18)6(14-3-19)8-9-7(4)15-10(20)16(8)12(22)17(9)11(15)21/h1H3. The predicted molar refractivity (Wildman–Crippen MR) is 72.0 cm³/mol. The van der Waals surface area contributed by atoms with Gasteiger partial charge in [0.05, 0.1) is 5.52 Å². The van der Waals surface area contributed by atoms with E-state index in [2.05, 4.69) is 9.98 Å². The second-order valence-corrected chi connectivity index (χ2v) is 4.63. The fourth-order valence-corrected chi connectivity index (χ4v) is 2.95. The van der Waals surface area contributed by atoms with Crippen LogP contribution in [0.5, 0.6) is 0 Å². The van der Waals surface area contributed by atoms with E-state index >= 15 is 0 Å². The Morgan fingerprint density at radius 3 is 1.73 bits per heavy atom. The minimum Gasteiger partial charge on any atom is -0.246 e. The highest BCUT2D eigenvalue weighted by Crippen LogP contribution is 2.41. The van der Waals surface area contributed by atoms with Crippen LogP contribution in [0.3, 0.4) is 0 Å². The summed E-state index contributed by atoms with van der Waals surface area (Å²) in [5.74, 6) is 0. The van der Waals surface area contributed by atoms with Crippen molar-refractivity contribution in [3.8, 4) is 0 Å². The van der Waals surface area contributed by atoms with E-state index in [1.165, 1.54) is 19.1 Å². The molecule has 0 fully saturated rings. The van der Waals surface area contributed by atoms with E-state index in [1.54, 1.807) is 0 Å². The van der Waals surface area contributed by atoms with Gasteiger partial charge in [0.1, 0.15) is 22.4 Å². The predicted octanol–water partition coefficient (Wildman–Crippen LogP) is -0.918. The van der Waals surface area contributed by atoms with Crippen molar-refractivity contribution < 1.29 is 9.59 Å². The zero-order valence-corrected chi connectivity index (χ0v) is 10.8. The Morgan fingerprint density at radius 2 is 1.18 bits per heavy atom. The van der Waals surface area contributed by atoms with Gasteiger partial charge in [0.15, 0.2) is 0 Å². The number of aromatic nitrogens is 3. The molecule has 106 valence electrons. The van der Waals surface area contributed by atoms with Crippen molar-refractivity contribution in [3.05, 3.63) is 37.0 Å². The number of rotatable bonds is 2. The maximum absolute atomic E-state index is 12.3. The van der Waals surface area contributed by atoms with Gasteiger partial charge in [0.25, 0.3) is 0 Å². The third-order valence-electron chi connectivity index (χ3n) is 3.74. The zero-order chi connectivity index (χ0) is 15.8. The highest BCUT2D eigenvalue weighted by Gasteiger charge is 2.31. The number of benzene rings is 1. The van der Waals surface area contributed by atoms with Crippen LogP contribution in [-0.2, 0) is 9.59 Å². The summed E-state index contributed by atoms with van der Waals surface area (Å²) in [6, 6.07) is 0. The minimum atomic E-state index is -0.857. The van der Waals surface area contributed by atoms with E-state index in [0.717, 1.165) is 8.80 Å². The van der Waals surface area contributed by atoms with Gasteiger partial charge in [-0.3, -0.25) is 0 Å². The number of nitrogens with zero attached hydrogens (tertiary/aromatic N) is 5. The van der Waals surface area contributed by atoms with Gasteiger partial charge in [-0.2, -0.15) is 9.98 Å². The summed E-state index contributed by atoms with van der Waals surface area (Å²) in [6.45, 7) is 1.49. The topological polar surface area (TPSA) is 123 Å². The van der Waals surface area contributed by atoms with Crippen molar-refractivity contribution in [2.24, 2.45) is 9.98 Å². The molecule has 6 bridgehead atoms. The molecule has 0 radical (unpaired) electrons. The zero-order valence-electron chi connectivity index (χ0n) is 10.8. The van der Waals surface area contributed by atoms with Crippen molar-refractivity contribution in [3.63, 3.8) is 0 Å². The monoisotopic (exact) mass is 297 g/mol. The van der Waals surface area contributed by atoms with E-state index in [9.17, 15) is 24.0 Å². The molecule has 0 spiro atoms. The molecule has 0 N–H and O–H groups in total. The summed E-state index contributed by atoms with van der Waals surface area (Å²) in [7, 11) is 0. The molecule has 5 rings (SSSR count). The Hall–Kier alpha value is -3.61. The molecule has 0 saturated heterocycles. The average molecular weight is 297 g/mol. The molecule has 5 aromatic rings. The van der Waals surface area contributed by atoms with Gasteiger partial charge < -0.3 is 0 Å². The number of hydrogen-bond donors (Lipinski definition) is 0. The van der Waals surface area contributed by atoms with Crippen molar-refractivity contribution in [2.45, 2.75) is 6.92 Å². The lowest BCUT2D eigenvalue weighted by Crippen LogP contribution is -2.42. The van der Waals surface area contributed by atoms with E-state index in [4.69, 9.17) is 0 Å². The van der Waals surface area contributed by atoms with Crippen molar-refractivity contribution in [1.82, 2.24) is 13.2 Å². The highest BCUT2D eigenvalue weighted by atomic mass is 16.2. The van der Waals surface area contributed by atoms with Crippen LogP contribution < -0.4 is 17.1 Å². The summed E-state index contributed by atoms with van der Waals surface area (Å²) in [5.41, 5.74) is -2.20. The Morgan fingerprint density at radius 1 is 0.727 bits per heavy atom. The van der Waals surface area contributed by atoms with E-state index in [-0.39, 0.29) is 33.5 Å². The van der Waals surface area contributed by atoms with E-state index in [0.29, 0.717) is 4.40 Å². The SMILES string of the molecule is Cc1c(N=C=O)c(N=C=O)c2c3c1n1c(=O)n2c(=O)n3c1=O. The molecule has 0 saturated carbocycles. The van der Waals surface area contributed by atoms with Gasteiger partial charge in [-0.05, 0) is 6.92 Å². The summed E-state index contributed by atoms with van der Waals surface area (Å²) in [4.78, 5) is 64.8. The van der Waals surface area contributed by atoms with Crippen molar-refractivity contribution >= 4 is 40.1 Å². The number of aliphatic imine (C=N–C) groups is 2. The molecular weight excluding hydrogens is 294 g/mol. The molecule has 0 atom stereocenters. The molecule has 22 heavy (non-hydrogen) atoms. The Balaban J connectivity index is 2.60. The van der Waals surface area contributed by atoms with E-state index in [1.807, 2.05) is 0 Å². The molecule has 4 heterocycles. The van der Waals surface area contributed by atoms with Crippen LogP contribution in [0.25, 0.3) is 16.6 Å². The third-order valence-corrected chi connectivity index (χ3v) is 3.74. The maximum atomic E-state index is 12.3. The van der Waals surface area contributed by atoms with Gasteiger partial charge in [0, 0.05) is 5.56 Å². The molecule has 10 heteroatoms. The summed E-state index contributed by atoms with van der Waals surface area (Å²) in [5, 5.41) is 0. The largest absolute Gasteiger partial charge is 0.345 e. The van der Waals surface area contributed by atoms with Crippen molar-refractivity contribution in [1.29, 1.82) is 0 Å². The van der Waals surface area contributed by atoms with Gasteiger partial charge in [-0.25, -0.2) is 37.2 Å². The first kappa shape index (κ1) is 12.2. The molecule has 1 aromatic carbocycles. The van der Waals surface area contributed by atoms with Crippen molar-refractivity contribution in [2.75, 3.05) is 0 Å². The number of carbonyl (C=O) groups excluding carboxylic acids is 2. The Labute approximate surface area is 117 Å². The normalized spacial score (nSPS) is 11.5. The highest BCUT2D eigenvalue weighted by molar-refractivity contribution is 6.07. The molecule has 0 amide bonds. The fraction of sp³-hybridized carbons (Fsp3) is 0.0833. The lowest BCUT2D eigenvalue weighted by molar-refractivity contribution is 0.564. The summed E-state index contributed by atoms with van der Waals surface area (Å²) < 4.78 is 2.34. The Kier molecular flexibility index (Phi) is 1.95. The molecule has 10 nitrogen and oxygen atoms in total. The quantitative estimate of drug-likeness (QED) is 0.349. The van der Waals surface area contributed by atoms with Gasteiger partial charge in [-0.15, -0.1) is 0 Å². The number of hydrogen-bond acceptors (Lipinski definition) is 7. The van der Waals surface area contributed by atoms with Gasteiger partial charge >= 0.3 is 17.1 Å². The second kappa shape index (κ2) is 3.53. The molecular formula is C12H3N5O5. The smallest absolute Gasteiger partial charge is 0.246 e. The van der Waals surface area contributed by atoms with Crippen LogP contribution in [0.4, 0.5) is 11.4 Å². The molecule has 0 aliphatic carbocycles. The number of imidazole rings is 2. The Bertz CT molecular complexity index is 1340. The third kappa shape index (κ3) is 0.997. The van der Waals surface area contributed by atoms with Gasteiger partial charge in [-0.1, -0.05) is 0 Å². The average Bonchev–Trinajstić information content (AvgIpc) is 2.87. The first-order chi connectivity index (χ1) is 10.5. The second-order valence-electron chi connectivity index (χ2n) is 4.63. The number of isocyanates is 2. The minimum absolute atomic E-state index is 0.0426. The van der Waals surface area contributed by atoms with Crippen LogP contribution in [-0.4, -0.2) is 25.4 Å². The molecule has 0 unspecified atom stereocenters. The first-order valence-corrected chi connectivity index (χ1v) is 5.93. The van der Waals surface area contributed by atoms with Crippen LogP contribution in [0.2, 0.25) is 0 Å². The lowest BCUT2D eigenvalue weighted by Gasteiger charge is -2.08.